The third-order valence-electron chi connectivity index (χ3n) is 3.40. The Balaban J connectivity index is 2.24. The molecular formula is C15H14ClN5. The van der Waals surface area contributed by atoms with E-state index in [1.165, 1.54) is 4.90 Å². The summed E-state index contributed by atoms with van der Waals surface area (Å²) in [6, 6.07) is 14.8. The predicted molar refractivity (Wildman–Crippen MR) is 84.8 cm³/mol. The summed E-state index contributed by atoms with van der Waals surface area (Å²) in [6.45, 7) is 0. The second kappa shape index (κ2) is 5.10. The third kappa shape index (κ3) is 2.32. The van der Waals surface area contributed by atoms with Gasteiger partial charge in [-0.1, -0.05) is 41.9 Å². The zero-order chi connectivity index (χ0) is 15.0. The Kier molecular flexibility index (Phi) is 3.27. The van der Waals surface area contributed by atoms with E-state index in [1.54, 1.807) is 6.07 Å². The molecule has 2 aromatic carbocycles. The van der Waals surface area contributed by atoms with Crippen LogP contribution < -0.4 is 11.5 Å². The van der Waals surface area contributed by atoms with Crippen LogP contribution in [0.2, 0.25) is 5.02 Å². The van der Waals surface area contributed by atoms with Crippen LogP contribution in [-0.4, -0.2) is 16.8 Å². The second-order valence-corrected chi connectivity index (χ2v) is 5.18. The van der Waals surface area contributed by atoms with Gasteiger partial charge in [-0.05, 0) is 23.8 Å². The maximum absolute atomic E-state index is 7.80. The number of guanidine groups is 2. The molecule has 21 heavy (non-hydrogen) atoms. The van der Waals surface area contributed by atoms with Crippen LogP contribution in [0.3, 0.4) is 0 Å². The fourth-order valence-electron chi connectivity index (χ4n) is 2.52. The minimum Gasteiger partial charge on any atom is -0.370 e. The molecular weight excluding hydrogens is 286 g/mol. The van der Waals surface area contributed by atoms with Gasteiger partial charge < -0.3 is 11.5 Å². The van der Waals surface area contributed by atoms with Gasteiger partial charge in [0.2, 0.25) is 5.96 Å². The number of rotatable bonds is 1. The van der Waals surface area contributed by atoms with E-state index >= 15 is 0 Å². The molecule has 6 heteroatoms. The van der Waals surface area contributed by atoms with E-state index in [9.17, 15) is 0 Å². The van der Waals surface area contributed by atoms with Crippen molar-refractivity contribution in [3.63, 3.8) is 0 Å². The Hall–Kier alpha value is -2.53. The Morgan fingerprint density at radius 2 is 1.90 bits per heavy atom. The van der Waals surface area contributed by atoms with Crippen molar-refractivity contribution in [2.75, 3.05) is 0 Å². The minimum absolute atomic E-state index is 0.157. The summed E-state index contributed by atoms with van der Waals surface area (Å²) in [5.74, 6) is 0.0434. The zero-order valence-corrected chi connectivity index (χ0v) is 11.9. The molecule has 1 aliphatic rings. The van der Waals surface area contributed by atoms with Gasteiger partial charge in [-0.3, -0.25) is 10.3 Å². The van der Waals surface area contributed by atoms with E-state index in [2.05, 4.69) is 4.99 Å². The minimum atomic E-state index is -0.310. The lowest BCUT2D eigenvalue weighted by Crippen LogP contribution is -2.49. The monoisotopic (exact) mass is 299 g/mol. The molecule has 0 saturated carbocycles. The van der Waals surface area contributed by atoms with Gasteiger partial charge in [-0.15, -0.1) is 0 Å². The molecule has 1 atom stereocenters. The van der Waals surface area contributed by atoms with Crippen molar-refractivity contribution < 1.29 is 0 Å². The highest BCUT2D eigenvalue weighted by molar-refractivity contribution is 6.30. The SMILES string of the molecule is N=C(N)N1C(N)=Nc2ccc(Cl)cc2[C@H]1c1ccccc1. The molecule has 0 spiro atoms. The third-order valence-corrected chi connectivity index (χ3v) is 3.63. The number of benzene rings is 2. The number of aliphatic imine (C=N–C) groups is 1. The van der Waals surface area contributed by atoms with E-state index in [0.717, 1.165) is 16.8 Å². The van der Waals surface area contributed by atoms with Crippen LogP contribution in [0.15, 0.2) is 53.5 Å². The lowest BCUT2D eigenvalue weighted by Gasteiger charge is -2.35. The topological polar surface area (TPSA) is 91.5 Å². The molecule has 1 heterocycles. The molecule has 0 aromatic heterocycles. The van der Waals surface area contributed by atoms with E-state index in [-0.39, 0.29) is 18.0 Å². The van der Waals surface area contributed by atoms with Gasteiger partial charge in [0.05, 0.1) is 11.7 Å². The van der Waals surface area contributed by atoms with E-state index in [4.69, 9.17) is 28.5 Å². The first-order chi connectivity index (χ1) is 10.1. The average Bonchev–Trinajstić information content (AvgIpc) is 2.47. The highest BCUT2D eigenvalue weighted by atomic mass is 35.5. The fourth-order valence-corrected chi connectivity index (χ4v) is 2.70. The Labute approximate surface area is 127 Å². The van der Waals surface area contributed by atoms with Gasteiger partial charge in [0.15, 0.2) is 5.96 Å². The molecule has 5 N–H and O–H groups in total. The average molecular weight is 300 g/mol. The molecule has 0 saturated heterocycles. The van der Waals surface area contributed by atoms with E-state index in [0.29, 0.717) is 5.02 Å². The quantitative estimate of drug-likeness (QED) is 0.558. The number of hydrogen-bond donors (Lipinski definition) is 3. The largest absolute Gasteiger partial charge is 0.370 e. The zero-order valence-electron chi connectivity index (χ0n) is 11.1. The van der Waals surface area contributed by atoms with Crippen molar-refractivity contribution in [3.05, 3.63) is 64.7 Å². The normalized spacial score (nSPS) is 17.1. The van der Waals surface area contributed by atoms with Crippen LogP contribution in [0.1, 0.15) is 17.2 Å². The summed E-state index contributed by atoms with van der Waals surface area (Å²) in [7, 11) is 0. The summed E-state index contributed by atoms with van der Waals surface area (Å²) in [5, 5.41) is 8.41. The first-order valence-corrected chi connectivity index (χ1v) is 6.77. The Bertz CT molecular complexity index is 726. The number of halogens is 1. The lowest BCUT2D eigenvalue weighted by atomic mass is 9.94. The van der Waals surface area contributed by atoms with Crippen LogP contribution in [-0.2, 0) is 0 Å². The van der Waals surface area contributed by atoms with Crippen LogP contribution in [0, 0.1) is 5.41 Å². The van der Waals surface area contributed by atoms with Crippen molar-refractivity contribution >= 4 is 29.2 Å². The fraction of sp³-hybridized carbons (Fsp3) is 0.0667. The molecule has 0 bridgehead atoms. The molecule has 0 unspecified atom stereocenters. The molecule has 0 radical (unpaired) electrons. The maximum atomic E-state index is 7.80. The lowest BCUT2D eigenvalue weighted by molar-refractivity contribution is 0.493. The first kappa shape index (κ1) is 13.5. The summed E-state index contributed by atoms with van der Waals surface area (Å²) in [5.41, 5.74) is 14.3. The van der Waals surface area contributed by atoms with Gasteiger partial charge in [0, 0.05) is 10.6 Å². The molecule has 106 valence electrons. The molecule has 5 nitrogen and oxygen atoms in total. The molecule has 0 fully saturated rings. The van der Waals surface area contributed by atoms with Crippen molar-refractivity contribution in [1.82, 2.24) is 4.90 Å². The van der Waals surface area contributed by atoms with Gasteiger partial charge in [-0.2, -0.15) is 0 Å². The van der Waals surface area contributed by atoms with Gasteiger partial charge in [-0.25, -0.2) is 4.99 Å². The van der Waals surface area contributed by atoms with Crippen LogP contribution in [0.4, 0.5) is 5.69 Å². The number of nitrogens with zero attached hydrogens (tertiary/aromatic N) is 2. The number of nitrogens with one attached hydrogen (secondary N) is 1. The van der Waals surface area contributed by atoms with E-state index in [1.807, 2.05) is 42.5 Å². The van der Waals surface area contributed by atoms with Crippen molar-refractivity contribution in [2.24, 2.45) is 16.5 Å². The summed E-state index contributed by atoms with van der Waals surface area (Å²) < 4.78 is 0. The van der Waals surface area contributed by atoms with Crippen LogP contribution in [0.5, 0.6) is 0 Å². The Morgan fingerprint density at radius 1 is 1.19 bits per heavy atom. The second-order valence-electron chi connectivity index (χ2n) is 4.74. The molecule has 0 amide bonds. The summed E-state index contributed by atoms with van der Waals surface area (Å²) in [6.07, 6.45) is 0. The molecule has 1 aliphatic heterocycles. The number of fused-ring (bicyclic) bond motifs is 1. The van der Waals surface area contributed by atoms with Crippen molar-refractivity contribution in [3.8, 4) is 0 Å². The molecule has 3 rings (SSSR count). The number of nitrogens with two attached hydrogens (primary N) is 2. The van der Waals surface area contributed by atoms with Gasteiger partial charge in [0.1, 0.15) is 0 Å². The Morgan fingerprint density at radius 3 is 2.57 bits per heavy atom. The van der Waals surface area contributed by atoms with E-state index < -0.39 is 0 Å². The standard InChI is InChI=1S/C15H14ClN5/c16-10-6-7-12-11(8-10)13(9-4-2-1-3-5-9)21(14(17)18)15(19)20-12/h1-8,13H,(H3,17,18)(H2,19,20)/t13-/m1/s1. The summed E-state index contributed by atoms with van der Waals surface area (Å²) in [4.78, 5) is 5.80. The molecule has 0 aliphatic carbocycles. The number of hydrogen-bond acceptors (Lipinski definition) is 3. The van der Waals surface area contributed by atoms with Gasteiger partial charge >= 0.3 is 0 Å². The smallest absolute Gasteiger partial charge is 0.204 e. The summed E-state index contributed by atoms with van der Waals surface area (Å²) >= 11 is 6.11. The molecule has 2 aromatic rings. The maximum Gasteiger partial charge on any atom is 0.204 e. The van der Waals surface area contributed by atoms with Crippen LogP contribution in [0.25, 0.3) is 0 Å². The first-order valence-electron chi connectivity index (χ1n) is 6.40. The van der Waals surface area contributed by atoms with Crippen molar-refractivity contribution in [1.29, 1.82) is 5.41 Å². The highest BCUT2D eigenvalue weighted by Crippen LogP contribution is 2.39. The predicted octanol–water partition coefficient (Wildman–Crippen LogP) is 2.58. The highest BCUT2D eigenvalue weighted by Gasteiger charge is 2.32. The van der Waals surface area contributed by atoms with Crippen LogP contribution >= 0.6 is 11.6 Å². The van der Waals surface area contributed by atoms with Gasteiger partial charge in [0.25, 0.3) is 0 Å². The van der Waals surface area contributed by atoms with Crippen molar-refractivity contribution in [2.45, 2.75) is 6.04 Å².